The predicted octanol–water partition coefficient (Wildman–Crippen LogP) is 2.74. The molecular formula is C14H22N4S. The van der Waals surface area contributed by atoms with Gasteiger partial charge in [-0.15, -0.1) is 11.3 Å². The summed E-state index contributed by atoms with van der Waals surface area (Å²) in [5, 5.41) is 5.61. The van der Waals surface area contributed by atoms with Crippen LogP contribution in [-0.4, -0.2) is 29.5 Å². The topological polar surface area (TPSA) is 32.6 Å². The quantitative estimate of drug-likeness (QED) is 0.791. The highest BCUT2D eigenvalue weighted by Gasteiger charge is 2.25. The van der Waals surface area contributed by atoms with Gasteiger partial charge in [-0.3, -0.25) is 4.40 Å². The average Bonchev–Trinajstić information content (AvgIpc) is 2.98. The lowest BCUT2D eigenvalue weighted by molar-refractivity contribution is 0.658. The van der Waals surface area contributed by atoms with Crippen molar-refractivity contribution >= 4 is 22.1 Å². The van der Waals surface area contributed by atoms with Crippen LogP contribution in [0.5, 0.6) is 0 Å². The van der Waals surface area contributed by atoms with Crippen LogP contribution < -0.4 is 10.2 Å². The van der Waals surface area contributed by atoms with E-state index in [9.17, 15) is 0 Å². The first-order valence-electron chi connectivity index (χ1n) is 7.16. The van der Waals surface area contributed by atoms with E-state index in [-0.39, 0.29) is 0 Å². The zero-order valence-electron chi connectivity index (χ0n) is 11.7. The highest BCUT2D eigenvalue weighted by Crippen LogP contribution is 2.32. The van der Waals surface area contributed by atoms with E-state index in [4.69, 9.17) is 4.98 Å². The molecule has 0 aromatic carbocycles. The second kappa shape index (κ2) is 5.51. The molecule has 2 heterocycles. The molecule has 0 radical (unpaired) electrons. The Morgan fingerprint density at radius 1 is 1.53 bits per heavy atom. The normalized spacial score (nSPS) is 15.3. The molecule has 19 heavy (non-hydrogen) atoms. The number of rotatable bonds is 7. The van der Waals surface area contributed by atoms with Gasteiger partial charge in [-0.05, 0) is 31.7 Å². The van der Waals surface area contributed by atoms with Gasteiger partial charge in [0.05, 0.1) is 5.69 Å². The van der Waals surface area contributed by atoms with Crippen LogP contribution in [0.3, 0.4) is 0 Å². The SMILES string of the molecule is CCCNCc1c(N(C)CC2CC2)nc2sccn12. The number of hydrogen-bond donors (Lipinski definition) is 1. The molecule has 2 aromatic heterocycles. The number of aromatic nitrogens is 2. The van der Waals surface area contributed by atoms with Crippen LogP contribution in [0.25, 0.3) is 4.96 Å². The van der Waals surface area contributed by atoms with Crippen molar-refractivity contribution in [2.75, 3.05) is 25.0 Å². The van der Waals surface area contributed by atoms with Crippen molar-refractivity contribution < 1.29 is 0 Å². The van der Waals surface area contributed by atoms with Crippen LogP contribution in [0.1, 0.15) is 31.9 Å². The molecule has 4 nitrogen and oxygen atoms in total. The number of fused-ring (bicyclic) bond motifs is 1. The Kier molecular flexibility index (Phi) is 3.75. The summed E-state index contributed by atoms with van der Waals surface area (Å²) in [6, 6.07) is 0. The summed E-state index contributed by atoms with van der Waals surface area (Å²) in [4.78, 5) is 8.24. The Balaban J connectivity index is 1.83. The highest BCUT2D eigenvalue weighted by molar-refractivity contribution is 7.15. The van der Waals surface area contributed by atoms with Gasteiger partial charge in [0.25, 0.3) is 0 Å². The van der Waals surface area contributed by atoms with Gasteiger partial charge in [0.15, 0.2) is 10.8 Å². The predicted molar refractivity (Wildman–Crippen MR) is 81.1 cm³/mol. The Bertz CT molecular complexity index is 541. The molecule has 0 saturated heterocycles. The van der Waals surface area contributed by atoms with E-state index in [2.05, 4.69) is 40.2 Å². The summed E-state index contributed by atoms with van der Waals surface area (Å²) in [7, 11) is 2.17. The standard InChI is InChI=1S/C14H22N4S/c1-3-6-15-9-12-13(17(2)10-11-4-5-11)16-14-18(12)7-8-19-14/h7-8,11,15H,3-6,9-10H2,1-2H3. The van der Waals surface area contributed by atoms with E-state index in [0.29, 0.717) is 0 Å². The van der Waals surface area contributed by atoms with E-state index >= 15 is 0 Å². The second-order valence-corrected chi connectivity index (χ2v) is 6.31. The molecule has 1 N–H and O–H groups in total. The Morgan fingerprint density at radius 3 is 3.11 bits per heavy atom. The lowest BCUT2D eigenvalue weighted by atomic mass is 10.3. The lowest BCUT2D eigenvalue weighted by Gasteiger charge is -2.18. The van der Waals surface area contributed by atoms with Crippen LogP contribution >= 0.6 is 11.3 Å². The molecule has 1 saturated carbocycles. The molecule has 1 fully saturated rings. The zero-order chi connectivity index (χ0) is 13.2. The molecular weight excluding hydrogens is 256 g/mol. The molecule has 2 aromatic rings. The summed E-state index contributed by atoms with van der Waals surface area (Å²) in [6.45, 7) is 5.30. The molecule has 104 valence electrons. The van der Waals surface area contributed by atoms with Crippen LogP contribution in [0.15, 0.2) is 11.6 Å². The van der Waals surface area contributed by atoms with Gasteiger partial charge in [-0.2, -0.15) is 0 Å². The second-order valence-electron chi connectivity index (χ2n) is 5.44. The van der Waals surface area contributed by atoms with Crippen molar-refractivity contribution in [1.29, 1.82) is 0 Å². The molecule has 0 bridgehead atoms. The monoisotopic (exact) mass is 278 g/mol. The fraction of sp³-hybridized carbons (Fsp3) is 0.643. The van der Waals surface area contributed by atoms with Crippen LogP contribution in [0.2, 0.25) is 0 Å². The maximum absolute atomic E-state index is 4.80. The van der Waals surface area contributed by atoms with Crippen molar-refractivity contribution in [3.63, 3.8) is 0 Å². The molecule has 0 atom stereocenters. The van der Waals surface area contributed by atoms with Crippen LogP contribution in [0.4, 0.5) is 5.82 Å². The molecule has 0 spiro atoms. The van der Waals surface area contributed by atoms with E-state index in [1.165, 1.54) is 25.0 Å². The smallest absolute Gasteiger partial charge is 0.195 e. The molecule has 0 unspecified atom stereocenters. The third kappa shape index (κ3) is 2.77. The lowest BCUT2D eigenvalue weighted by Crippen LogP contribution is -2.24. The summed E-state index contributed by atoms with van der Waals surface area (Å²) in [6.07, 6.45) is 6.06. The summed E-state index contributed by atoms with van der Waals surface area (Å²) in [5.41, 5.74) is 1.30. The van der Waals surface area contributed by atoms with E-state index in [0.717, 1.165) is 36.3 Å². The minimum atomic E-state index is 0.890. The molecule has 0 amide bonds. The maximum Gasteiger partial charge on any atom is 0.195 e. The van der Waals surface area contributed by atoms with Gasteiger partial charge in [0.1, 0.15) is 0 Å². The van der Waals surface area contributed by atoms with Crippen molar-refractivity contribution in [3.8, 4) is 0 Å². The minimum Gasteiger partial charge on any atom is -0.358 e. The number of anilines is 1. The Labute approximate surface area is 118 Å². The highest BCUT2D eigenvalue weighted by atomic mass is 32.1. The Morgan fingerprint density at radius 2 is 2.37 bits per heavy atom. The fourth-order valence-electron chi connectivity index (χ4n) is 2.45. The molecule has 0 aliphatic heterocycles. The van der Waals surface area contributed by atoms with E-state index in [1.54, 1.807) is 11.3 Å². The summed E-state index contributed by atoms with van der Waals surface area (Å²) < 4.78 is 2.23. The van der Waals surface area contributed by atoms with Gasteiger partial charge in [0, 0.05) is 31.7 Å². The van der Waals surface area contributed by atoms with Crippen molar-refractivity contribution in [3.05, 3.63) is 17.3 Å². The molecule has 1 aliphatic rings. The number of hydrogen-bond acceptors (Lipinski definition) is 4. The van der Waals surface area contributed by atoms with Gasteiger partial charge in [0.2, 0.25) is 0 Å². The van der Waals surface area contributed by atoms with Crippen molar-refractivity contribution in [2.45, 2.75) is 32.7 Å². The summed E-state index contributed by atoms with van der Waals surface area (Å²) in [5.74, 6) is 2.04. The van der Waals surface area contributed by atoms with Gasteiger partial charge in [-0.25, -0.2) is 4.98 Å². The van der Waals surface area contributed by atoms with Crippen LogP contribution in [0, 0.1) is 5.92 Å². The fourth-order valence-corrected chi connectivity index (χ4v) is 3.18. The molecule has 3 rings (SSSR count). The molecule has 1 aliphatic carbocycles. The van der Waals surface area contributed by atoms with E-state index < -0.39 is 0 Å². The number of nitrogens with zero attached hydrogens (tertiary/aromatic N) is 3. The van der Waals surface area contributed by atoms with E-state index in [1.807, 2.05) is 0 Å². The average molecular weight is 278 g/mol. The third-order valence-electron chi connectivity index (χ3n) is 3.65. The maximum atomic E-state index is 4.80. The first-order valence-corrected chi connectivity index (χ1v) is 8.03. The first kappa shape index (κ1) is 12.9. The number of imidazole rings is 1. The van der Waals surface area contributed by atoms with Gasteiger partial charge < -0.3 is 10.2 Å². The van der Waals surface area contributed by atoms with Crippen molar-refractivity contribution in [1.82, 2.24) is 14.7 Å². The first-order chi connectivity index (χ1) is 9.29. The van der Waals surface area contributed by atoms with Gasteiger partial charge in [-0.1, -0.05) is 6.92 Å². The number of nitrogens with one attached hydrogen (secondary N) is 1. The Hall–Kier alpha value is -1.07. The minimum absolute atomic E-state index is 0.890. The van der Waals surface area contributed by atoms with Gasteiger partial charge >= 0.3 is 0 Å². The number of thiazole rings is 1. The van der Waals surface area contributed by atoms with Crippen molar-refractivity contribution in [2.24, 2.45) is 5.92 Å². The third-order valence-corrected chi connectivity index (χ3v) is 4.41. The zero-order valence-corrected chi connectivity index (χ0v) is 12.5. The molecule has 5 heteroatoms. The largest absolute Gasteiger partial charge is 0.358 e. The summed E-state index contributed by atoms with van der Waals surface area (Å²) >= 11 is 1.71. The van der Waals surface area contributed by atoms with Crippen LogP contribution in [-0.2, 0) is 6.54 Å².